The lowest BCUT2D eigenvalue weighted by molar-refractivity contribution is -0.239. The molecule has 2 aliphatic rings. The van der Waals surface area contributed by atoms with Crippen LogP contribution in [0.5, 0.6) is 0 Å². The SMILES string of the molecule is CCOC(=O)/C=C(/C)CC1CC(O)CC(CO)O1.OCC1OC(O)CC(O)C1O. The largest absolute Gasteiger partial charge is 0.463 e. The fraction of sp³-hybridized carbons (Fsp3) is 0.842. The lowest BCUT2D eigenvalue weighted by atomic mass is 9.97. The van der Waals surface area contributed by atoms with Crippen molar-refractivity contribution < 1.29 is 49.6 Å². The van der Waals surface area contributed by atoms with Crippen LogP contribution in [0.1, 0.15) is 39.5 Å². The molecule has 7 atom stereocenters. The van der Waals surface area contributed by atoms with Gasteiger partial charge in [0, 0.05) is 18.9 Å². The van der Waals surface area contributed by atoms with Gasteiger partial charge in [-0.25, -0.2) is 4.79 Å². The minimum absolute atomic E-state index is 0.0162. The molecular formula is C19H34O10. The Morgan fingerprint density at radius 3 is 2.28 bits per heavy atom. The van der Waals surface area contributed by atoms with Gasteiger partial charge in [-0.1, -0.05) is 5.57 Å². The Morgan fingerprint density at radius 2 is 1.69 bits per heavy atom. The molecule has 2 aliphatic heterocycles. The number of hydrogen-bond acceptors (Lipinski definition) is 10. The summed E-state index contributed by atoms with van der Waals surface area (Å²) in [6.07, 6.45) is -2.02. The van der Waals surface area contributed by atoms with E-state index in [0.29, 0.717) is 25.9 Å². The third-order valence-electron chi connectivity index (χ3n) is 4.59. The smallest absolute Gasteiger partial charge is 0.330 e. The fourth-order valence-corrected chi connectivity index (χ4v) is 3.22. The van der Waals surface area contributed by atoms with E-state index in [-0.39, 0.29) is 31.2 Å². The molecule has 29 heavy (non-hydrogen) atoms. The molecule has 0 amide bonds. The molecule has 10 nitrogen and oxygen atoms in total. The van der Waals surface area contributed by atoms with Crippen LogP contribution >= 0.6 is 0 Å². The van der Waals surface area contributed by atoms with Crippen LogP contribution in [0.15, 0.2) is 11.6 Å². The molecule has 170 valence electrons. The Labute approximate surface area is 170 Å². The minimum Gasteiger partial charge on any atom is -0.463 e. The summed E-state index contributed by atoms with van der Waals surface area (Å²) < 4.78 is 15.1. The number of rotatable bonds is 6. The number of aliphatic hydroxyl groups excluding tert-OH is 6. The summed E-state index contributed by atoms with van der Waals surface area (Å²) in [5.41, 5.74) is 0.851. The summed E-state index contributed by atoms with van der Waals surface area (Å²) in [6, 6.07) is 0. The Bertz CT molecular complexity index is 511. The van der Waals surface area contributed by atoms with E-state index < -0.39 is 37.3 Å². The Balaban J connectivity index is 0.000000326. The van der Waals surface area contributed by atoms with Crippen LogP contribution in [-0.4, -0.2) is 99.3 Å². The first kappa shape index (κ1) is 25.9. The summed E-state index contributed by atoms with van der Waals surface area (Å²) >= 11 is 0. The van der Waals surface area contributed by atoms with Gasteiger partial charge in [-0.15, -0.1) is 0 Å². The third-order valence-corrected chi connectivity index (χ3v) is 4.59. The molecule has 7 unspecified atom stereocenters. The second kappa shape index (κ2) is 13.2. The van der Waals surface area contributed by atoms with Gasteiger partial charge in [0.05, 0.1) is 44.2 Å². The van der Waals surface area contributed by atoms with Crippen molar-refractivity contribution in [3.63, 3.8) is 0 Å². The van der Waals surface area contributed by atoms with Gasteiger partial charge in [0.1, 0.15) is 12.2 Å². The van der Waals surface area contributed by atoms with Crippen molar-refractivity contribution in [3.8, 4) is 0 Å². The molecule has 0 aromatic heterocycles. The van der Waals surface area contributed by atoms with E-state index in [1.165, 1.54) is 6.08 Å². The van der Waals surface area contributed by atoms with Crippen LogP contribution < -0.4 is 0 Å². The molecule has 0 spiro atoms. The van der Waals surface area contributed by atoms with Gasteiger partial charge < -0.3 is 44.8 Å². The van der Waals surface area contributed by atoms with E-state index in [1.54, 1.807) is 6.92 Å². The quantitative estimate of drug-likeness (QED) is 0.221. The van der Waals surface area contributed by atoms with Gasteiger partial charge in [-0.05, 0) is 26.7 Å². The van der Waals surface area contributed by atoms with Gasteiger partial charge in [0.15, 0.2) is 6.29 Å². The summed E-state index contributed by atoms with van der Waals surface area (Å²) in [5.74, 6) is -0.356. The molecule has 6 N–H and O–H groups in total. The van der Waals surface area contributed by atoms with Crippen LogP contribution in [0.3, 0.4) is 0 Å². The van der Waals surface area contributed by atoms with Gasteiger partial charge in [0.25, 0.3) is 0 Å². The highest BCUT2D eigenvalue weighted by molar-refractivity contribution is 5.82. The number of esters is 1. The zero-order valence-corrected chi connectivity index (χ0v) is 16.9. The first-order valence-corrected chi connectivity index (χ1v) is 9.78. The first-order valence-electron chi connectivity index (χ1n) is 9.78. The Hall–Kier alpha value is -1.11. The van der Waals surface area contributed by atoms with E-state index in [0.717, 1.165) is 5.57 Å². The normalized spacial score (nSPS) is 35.4. The second-order valence-corrected chi connectivity index (χ2v) is 7.24. The summed E-state index contributed by atoms with van der Waals surface area (Å²) in [5, 5.41) is 54.4. The predicted molar refractivity (Wildman–Crippen MR) is 101 cm³/mol. The summed E-state index contributed by atoms with van der Waals surface area (Å²) in [4.78, 5) is 11.3. The van der Waals surface area contributed by atoms with E-state index in [1.807, 2.05) is 6.92 Å². The lowest BCUT2D eigenvalue weighted by Gasteiger charge is -2.33. The molecule has 0 aromatic carbocycles. The van der Waals surface area contributed by atoms with Crippen molar-refractivity contribution in [1.82, 2.24) is 0 Å². The molecule has 2 fully saturated rings. The highest BCUT2D eigenvalue weighted by Gasteiger charge is 2.35. The van der Waals surface area contributed by atoms with Gasteiger partial charge in [-0.3, -0.25) is 0 Å². The minimum atomic E-state index is -1.11. The maximum atomic E-state index is 11.3. The molecule has 0 saturated carbocycles. The second-order valence-electron chi connectivity index (χ2n) is 7.24. The van der Waals surface area contributed by atoms with Gasteiger partial charge in [0.2, 0.25) is 0 Å². The van der Waals surface area contributed by atoms with Crippen molar-refractivity contribution in [2.75, 3.05) is 19.8 Å². The van der Waals surface area contributed by atoms with Crippen molar-refractivity contribution >= 4 is 5.97 Å². The van der Waals surface area contributed by atoms with Crippen LogP contribution in [0, 0.1) is 0 Å². The van der Waals surface area contributed by atoms with Crippen LogP contribution in [-0.2, 0) is 19.0 Å². The fourth-order valence-electron chi connectivity index (χ4n) is 3.22. The average Bonchev–Trinajstić information content (AvgIpc) is 2.64. The number of carbonyl (C=O) groups excluding carboxylic acids is 1. The van der Waals surface area contributed by atoms with E-state index >= 15 is 0 Å². The Kier molecular flexibility index (Phi) is 11.8. The van der Waals surface area contributed by atoms with E-state index in [2.05, 4.69) is 0 Å². The number of carbonyl (C=O) groups is 1. The molecule has 0 bridgehead atoms. The lowest BCUT2D eigenvalue weighted by Crippen LogP contribution is -2.49. The Morgan fingerprint density at radius 1 is 1.03 bits per heavy atom. The maximum absolute atomic E-state index is 11.3. The van der Waals surface area contributed by atoms with Gasteiger partial charge >= 0.3 is 5.97 Å². The van der Waals surface area contributed by atoms with Crippen molar-refractivity contribution in [2.45, 2.75) is 82.4 Å². The molecule has 0 radical (unpaired) electrons. The zero-order chi connectivity index (χ0) is 22.0. The van der Waals surface area contributed by atoms with Crippen molar-refractivity contribution in [1.29, 1.82) is 0 Å². The molecular weight excluding hydrogens is 388 g/mol. The highest BCUT2D eigenvalue weighted by Crippen LogP contribution is 2.24. The zero-order valence-electron chi connectivity index (χ0n) is 16.9. The van der Waals surface area contributed by atoms with Crippen LogP contribution in [0.4, 0.5) is 0 Å². The molecule has 0 aromatic rings. The first-order chi connectivity index (χ1) is 13.7. The van der Waals surface area contributed by atoms with Crippen molar-refractivity contribution in [3.05, 3.63) is 11.6 Å². The highest BCUT2D eigenvalue weighted by atomic mass is 16.6. The number of ether oxygens (including phenoxy) is 3. The average molecular weight is 422 g/mol. The monoisotopic (exact) mass is 422 g/mol. The molecule has 2 heterocycles. The standard InChI is InChI=1S/C13H22O5.C6H12O5/c1-3-17-13(16)5-9(2)4-11-6-10(15)7-12(8-14)18-11;7-2-4-6(10)3(8)1-5(9)11-4/h5,10-12,14-15H,3-4,6-8H2,1-2H3;3-10H,1-2H2/b9-5-;. The van der Waals surface area contributed by atoms with E-state index in [9.17, 15) is 9.90 Å². The molecule has 0 aliphatic carbocycles. The third kappa shape index (κ3) is 9.49. The number of hydrogen-bond donors (Lipinski definition) is 6. The summed E-state index contributed by atoms with van der Waals surface area (Å²) in [6.45, 7) is 3.44. The van der Waals surface area contributed by atoms with E-state index in [4.69, 9.17) is 39.7 Å². The maximum Gasteiger partial charge on any atom is 0.330 e. The van der Waals surface area contributed by atoms with Gasteiger partial charge in [-0.2, -0.15) is 0 Å². The van der Waals surface area contributed by atoms with Crippen molar-refractivity contribution in [2.24, 2.45) is 0 Å². The predicted octanol–water partition coefficient (Wildman–Crippen LogP) is -1.41. The molecule has 2 rings (SSSR count). The molecule has 2 saturated heterocycles. The summed E-state index contributed by atoms with van der Waals surface area (Å²) in [7, 11) is 0. The number of aliphatic hydroxyl groups is 6. The molecule has 10 heteroatoms. The van der Waals surface area contributed by atoms with Crippen LogP contribution in [0.25, 0.3) is 0 Å². The topological polar surface area (TPSA) is 166 Å². The van der Waals surface area contributed by atoms with Crippen LogP contribution in [0.2, 0.25) is 0 Å².